The zero-order valence-electron chi connectivity index (χ0n) is 21.4. The molecule has 1 aromatic heterocycles. The number of carbonyl (C=O) groups excluding carboxylic acids is 3. The Labute approximate surface area is 211 Å². The van der Waals surface area contributed by atoms with Gasteiger partial charge in [-0.25, -0.2) is 0 Å². The number of hydrogen-bond donors (Lipinski definition) is 3. The van der Waals surface area contributed by atoms with Gasteiger partial charge in [0.05, 0.1) is 19.1 Å². The van der Waals surface area contributed by atoms with E-state index in [1.807, 2.05) is 26.0 Å². The van der Waals surface area contributed by atoms with Crippen molar-refractivity contribution in [2.24, 2.45) is 17.8 Å². The fourth-order valence-electron chi connectivity index (χ4n) is 5.42. The molecule has 1 aromatic carbocycles. The van der Waals surface area contributed by atoms with E-state index in [2.05, 4.69) is 21.7 Å². The Bertz CT molecular complexity index is 1200. The number of nitrogens with one attached hydrogen (secondary N) is 3. The average Bonchev–Trinajstić information content (AvgIpc) is 3.47. The number of nitrogens with zero attached hydrogens (tertiary/aromatic N) is 2. The topological polar surface area (TPSA) is 127 Å². The highest BCUT2D eigenvalue weighted by Gasteiger charge is 2.40. The van der Waals surface area contributed by atoms with Crippen LogP contribution in [-0.2, 0) is 9.59 Å². The van der Waals surface area contributed by atoms with E-state index in [0.29, 0.717) is 37.4 Å². The van der Waals surface area contributed by atoms with Gasteiger partial charge in [-0.15, -0.1) is 0 Å². The first kappa shape index (κ1) is 25.5. The number of fused-ring (bicyclic) bond motifs is 1. The molecule has 2 aromatic rings. The lowest BCUT2D eigenvalue weighted by molar-refractivity contribution is -0.129. The zero-order chi connectivity index (χ0) is 26.0. The second-order valence-corrected chi connectivity index (χ2v) is 10.3. The first-order chi connectivity index (χ1) is 17.2. The van der Waals surface area contributed by atoms with Gasteiger partial charge >= 0.3 is 0 Å². The molecule has 9 heteroatoms. The molecule has 2 aliphatic rings. The minimum Gasteiger partial charge on any atom is -0.496 e. The van der Waals surface area contributed by atoms with Crippen molar-refractivity contribution in [3.63, 3.8) is 0 Å². The van der Waals surface area contributed by atoms with Gasteiger partial charge in [0.1, 0.15) is 17.5 Å². The maximum atomic E-state index is 13.6. The number of piperidine rings is 1. The molecular weight excluding hydrogens is 458 g/mol. The van der Waals surface area contributed by atoms with Crippen molar-refractivity contribution < 1.29 is 19.1 Å². The van der Waals surface area contributed by atoms with Crippen molar-refractivity contribution in [3.8, 4) is 11.8 Å². The third kappa shape index (κ3) is 5.18. The number of amides is 3. The maximum absolute atomic E-state index is 13.6. The Hall–Kier alpha value is -3.54. The molecule has 0 bridgehead atoms. The first-order valence-corrected chi connectivity index (χ1v) is 12.7. The third-order valence-electron chi connectivity index (χ3n) is 7.44. The lowest BCUT2D eigenvalue weighted by Gasteiger charge is -2.30. The summed E-state index contributed by atoms with van der Waals surface area (Å²) in [5.74, 6) is -0.402. The van der Waals surface area contributed by atoms with E-state index < -0.39 is 18.0 Å². The van der Waals surface area contributed by atoms with Gasteiger partial charge in [0, 0.05) is 36.0 Å². The van der Waals surface area contributed by atoms with Crippen LogP contribution in [0.3, 0.4) is 0 Å². The largest absolute Gasteiger partial charge is 0.496 e. The molecule has 3 N–H and O–H groups in total. The molecule has 2 saturated heterocycles. The summed E-state index contributed by atoms with van der Waals surface area (Å²) in [7, 11) is 1.60. The fraction of sp³-hybridized carbons (Fsp3) is 0.556. The van der Waals surface area contributed by atoms with Crippen LogP contribution in [0.15, 0.2) is 18.2 Å². The number of carbonyl (C=O) groups is 3. The van der Waals surface area contributed by atoms with Gasteiger partial charge in [0.25, 0.3) is 5.91 Å². The molecule has 0 spiro atoms. The summed E-state index contributed by atoms with van der Waals surface area (Å²) in [6.45, 7) is 6.86. The molecule has 2 aliphatic heterocycles. The molecule has 0 aliphatic carbocycles. The standard InChI is InChI=1S/C27H35N5O4/c1-15-8-21-19(24(10-15)36-4)12-22(30-21)27(35)32-14-16(2)9-23(32)26(34)31-20(17(3)13-28)11-18-6-5-7-29-25(18)33/h8,10,12,16-18,20,23,30H,5-7,9,11,14H2,1-4H3,(H,29,33)(H,31,34)/t16-,17?,18+,20+,23+/m1/s1. The molecule has 192 valence electrons. The monoisotopic (exact) mass is 493 g/mol. The van der Waals surface area contributed by atoms with E-state index in [0.717, 1.165) is 29.3 Å². The Balaban J connectivity index is 1.53. The van der Waals surface area contributed by atoms with Gasteiger partial charge in [0.2, 0.25) is 11.8 Å². The number of hydrogen-bond acceptors (Lipinski definition) is 5. The summed E-state index contributed by atoms with van der Waals surface area (Å²) in [6.07, 6.45) is 2.57. The van der Waals surface area contributed by atoms with Crippen LogP contribution in [0.2, 0.25) is 0 Å². The van der Waals surface area contributed by atoms with E-state index in [-0.39, 0.29) is 29.6 Å². The van der Waals surface area contributed by atoms with Gasteiger partial charge in [-0.3, -0.25) is 14.4 Å². The molecule has 3 amide bonds. The highest BCUT2D eigenvalue weighted by Crippen LogP contribution is 2.31. The Morgan fingerprint density at radius 2 is 2.11 bits per heavy atom. The number of aryl methyl sites for hydroxylation is 1. The maximum Gasteiger partial charge on any atom is 0.270 e. The number of likely N-dealkylation sites (tertiary alicyclic amines) is 1. The van der Waals surface area contributed by atoms with Crippen LogP contribution in [-0.4, -0.2) is 59.9 Å². The van der Waals surface area contributed by atoms with E-state index in [9.17, 15) is 19.6 Å². The number of H-pyrrole nitrogens is 1. The summed E-state index contributed by atoms with van der Waals surface area (Å²) in [5.41, 5.74) is 2.22. The van der Waals surface area contributed by atoms with Crippen molar-refractivity contribution >= 4 is 28.6 Å². The van der Waals surface area contributed by atoms with E-state index >= 15 is 0 Å². The van der Waals surface area contributed by atoms with Crippen LogP contribution in [0, 0.1) is 36.0 Å². The lowest BCUT2D eigenvalue weighted by atomic mass is 9.87. The Kier molecular flexibility index (Phi) is 7.53. The van der Waals surface area contributed by atoms with Gasteiger partial charge in [-0.1, -0.05) is 6.92 Å². The minimum atomic E-state index is -0.642. The number of nitriles is 1. The molecule has 2 fully saturated rings. The summed E-state index contributed by atoms with van der Waals surface area (Å²) >= 11 is 0. The van der Waals surface area contributed by atoms with Gasteiger partial charge in [-0.2, -0.15) is 5.26 Å². The van der Waals surface area contributed by atoms with Crippen molar-refractivity contribution in [1.82, 2.24) is 20.5 Å². The number of methoxy groups -OCH3 is 1. The van der Waals surface area contributed by atoms with Crippen LogP contribution in [0.25, 0.3) is 10.9 Å². The van der Waals surface area contributed by atoms with Crippen molar-refractivity contribution in [3.05, 3.63) is 29.5 Å². The predicted octanol–water partition coefficient (Wildman–Crippen LogP) is 2.90. The smallest absolute Gasteiger partial charge is 0.270 e. The number of ether oxygens (including phenoxy) is 1. The Morgan fingerprint density at radius 3 is 2.81 bits per heavy atom. The number of aromatic nitrogens is 1. The summed E-state index contributed by atoms with van der Waals surface area (Å²) in [4.78, 5) is 44.1. The van der Waals surface area contributed by atoms with Crippen LogP contribution >= 0.6 is 0 Å². The van der Waals surface area contributed by atoms with Crippen LogP contribution < -0.4 is 15.4 Å². The normalized spacial score (nSPS) is 23.6. The quantitative estimate of drug-likeness (QED) is 0.547. The SMILES string of the molecule is COc1cc(C)cc2[nH]c(C(=O)N3C[C@H](C)C[C@H]3C(=O)N[C@@H](C[C@@H]3CCCNC3=O)C(C)C#N)cc12. The molecule has 5 atom stereocenters. The zero-order valence-corrected chi connectivity index (χ0v) is 21.4. The van der Waals surface area contributed by atoms with Gasteiger partial charge in [0.15, 0.2) is 0 Å². The highest BCUT2D eigenvalue weighted by atomic mass is 16.5. The Morgan fingerprint density at radius 1 is 1.33 bits per heavy atom. The van der Waals surface area contributed by atoms with Gasteiger partial charge in [-0.05, 0) is 69.2 Å². The molecule has 1 unspecified atom stereocenters. The van der Waals surface area contributed by atoms with Crippen molar-refractivity contribution in [2.75, 3.05) is 20.2 Å². The van der Waals surface area contributed by atoms with Gasteiger partial charge < -0.3 is 25.3 Å². The average molecular weight is 494 g/mol. The summed E-state index contributed by atoms with van der Waals surface area (Å²) in [6, 6.07) is 6.76. The molecule has 3 heterocycles. The molecule has 36 heavy (non-hydrogen) atoms. The van der Waals surface area contributed by atoms with Crippen molar-refractivity contribution in [2.45, 2.75) is 58.5 Å². The number of rotatable bonds is 7. The molecule has 0 radical (unpaired) electrons. The number of benzene rings is 1. The minimum absolute atomic E-state index is 0.0265. The molecular formula is C27H35N5O4. The third-order valence-corrected chi connectivity index (χ3v) is 7.44. The second kappa shape index (κ2) is 10.6. The molecule has 9 nitrogen and oxygen atoms in total. The summed E-state index contributed by atoms with van der Waals surface area (Å²) < 4.78 is 5.49. The van der Waals surface area contributed by atoms with Crippen molar-refractivity contribution in [1.29, 1.82) is 5.26 Å². The van der Waals surface area contributed by atoms with Crippen LogP contribution in [0.1, 0.15) is 55.6 Å². The molecule has 0 saturated carbocycles. The second-order valence-electron chi connectivity index (χ2n) is 10.3. The predicted molar refractivity (Wildman–Crippen MR) is 135 cm³/mol. The van der Waals surface area contributed by atoms with E-state index in [1.165, 1.54) is 0 Å². The summed E-state index contributed by atoms with van der Waals surface area (Å²) in [5, 5.41) is 16.3. The highest BCUT2D eigenvalue weighted by molar-refractivity contribution is 6.02. The lowest BCUT2D eigenvalue weighted by Crippen LogP contribution is -2.51. The fourth-order valence-corrected chi connectivity index (χ4v) is 5.42. The van der Waals surface area contributed by atoms with E-state index in [4.69, 9.17) is 4.74 Å². The van der Waals surface area contributed by atoms with Crippen LogP contribution in [0.5, 0.6) is 5.75 Å². The number of aromatic amines is 1. The molecule has 4 rings (SSSR count). The first-order valence-electron chi connectivity index (χ1n) is 12.7. The van der Waals surface area contributed by atoms with Crippen LogP contribution in [0.4, 0.5) is 0 Å². The van der Waals surface area contributed by atoms with E-state index in [1.54, 1.807) is 25.0 Å².